The highest BCUT2D eigenvalue weighted by atomic mass is 79.9. The van der Waals surface area contributed by atoms with Crippen LogP contribution in [0.1, 0.15) is 24.1 Å². The number of aryl methyl sites for hydroxylation is 1. The van der Waals surface area contributed by atoms with Crippen molar-refractivity contribution in [2.45, 2.75) is 19.9 Å². The van der Waals surface area contributed by atoms with E-state index in [1.165, 1.54) is 0 Å². The number of ether oxygens (including phenoxy) is 2. The molecule has 0 aromatic heterocycles. The lowest BCUT2D eigenvalue weighted by Gasteiger charge is -2.13. The number of hydrogen-bond acceptors (Lipinski definition) is 3. The number of hydrogen-bond donors (Lipinski definition) is 1. The Morgan fingerprint density at radius 3 is 2.45 bits per heavy atom. The first-order chi connectivity index (χ1) is 9.51. The molecule has 4 heteroatoms. The van der Waals surface area contributed by atoms with Gasteiger partial charge in [-0.25, -0.2) is 0 Å². The number of methoxy groups -OCH3 is 1. The van der Waals surface area contributed by atoms with E-state index in [2.05, 4.69) is 15.9 Å². The minimum atomic E-state index is -0.0210. The SMILES string of the molecule is COc1cc(C)ccc1Oc1ccc([C@@H](C)N)c(Br)c1. The van der Waals surface area contributed by atoms with Crippen LogP contribution in [0, 0.1) is 6.92 Å². The molecule has 0 amide bonds. The average Bonchev–Trinajstić information content (AvgIpc) is 2.40. The van der Waals surface area contributed by atoms with Crippen LogP contribution < -0.4 is 15.2 Å². The molecule has 2 aromatic carbocycles. The molecule has 0 fully saturated rings. The van der Waals surface area contributed by atoms with E-state index in [0.717, 1.165) is 27.1 Å². The molecule has 0 aliphatic rings. The van der Waals surface area contributed by atoms with Crippen molar-refractivity contribution in [2.24, 2.45) is 5.73 Å². The Hall–Kier alpha value is -1.52. The van der Waals surface area contributed by atoms with Crippen LogP contribution >= 0.6 is 15.9 Å². The molecule has 0 aliphatic carbocycles. The lowest BCUT2D eigenvalue weighted by molar-refractivity contribution is 0.378. The topological polar surface area (TPSA) is 44.5 Å². The first-order valence-electron chi connectivity index (χ1n) is 6.39. The quantitative estimate of drug-likeness (QED) is 0.889. The van der Waals surface area contributed by atoms with Crippen LogP contribution in [0.2, 0.25) is 0 Å². The summed E-state index contributed by atoms with van der Waals surface area (Å²) in [7, 11) is 1.64. The van der Waals surface area contributed by atoms with Gasteiger partial charge in [0.05, 0.1) is 7.11 Å². The fraction of sp³-hybridized carbons (Fsp3) is 0.250. The molecule has 2 N–H and O–H groups in total. The molecule has 2 aromatic rings. The highest BCUT2D eigenvalue weighted by molar-refractivity contribution is 9.10. The summed E-state index contributed by atoms with van der Waals surface area (Å²) < 4.78 is 12.1. The van der Waals surface area contributed by atoms with E-state index in [1.807, 2.05) is 50.2 Å². The van der Waals surface area contributed by atoms with Gasteiger partial charge in [-0.05, 0) is 49.2 Å². The zero-order valence-electron chi connectivity index (χ0n) is 11.8. The first-order valence-corrected chi connectivity index (χ1v) is 7.18. The van der Waals surface area contributed by atoms with Crippen molar-refractivity contribution in [3.8, 4) is 17.2 Å². The number of halogens is 1. The Bertz CT molecular complexity index is 611. The second kappa shape index (κ2) is 6.29. The average molecular weight is 336 g/mol. The largest absolute Gasteiger partial charge is 0.493 e. The third kappa shape index (κ3) is 3.32. The van der Waals surface area contributed by atoms with Crippen LogP contribution in [0.3, 0.4) is 0 Å². The van der Waals surface area contributed by atoms with E-state index < -0.39 is 0 Å². The maximum absolute atomic E-state index is 5.89. The standard InChI is InChI=1S/C16H18BrNO2/c1-10-4-7-15(16(8-10)19-3)20-12-5-6-13(11(2)18)14(17)9-12/h4-9,11H,18H2,1-3H3/t11-/m1/s1. The zero-order chi connectivity index (χ0) is 14.7. The highest BCUT2D eigenvalue weighted by Gasteiger charge is 2.09. The van der Waals surface area contributed by atoms with E-state index in [9.17, 15) is 0 Å². The molecule has 2 rings (SSSR count). The molecular weight excluding hydrogens is 318 g/mol. The van der Waals surface area contributed by atoms with Crippen molar-refractivity contribution in [1.82, 2.24) is 0 Å². The van der Waals surface area contributed by atoms with Gasteiger partial charge in [0.15, 0.2) is 11.5 Å². The maximum Gasteiger partial charge on any atom is 0.169 e. The molecule has 0 spiro atoms. The number of rotatable bonds is 4. The fourth-order valence-electron chi connectivity index (χ4n) is 1.93. The molecule has 0 aliphatic heterocycles. The van der Waals surface area contributed by atoms with Gasteiger partial charge < -0.3 is 15.2 Å². The molecular formula is C16H18BrNO2. The molecule has 0 radical (unpaired) electrons. The Morgan fingerprint density at radius 1 is 1.10 bits per heavy atom. The molecule has 0 unspecified atom stereocenters. The van der Waals surface area contributed by atoms with Gasteiger partial charge in [-0.15, -0.1) is 0 Å². The van der Waals surface area contributed by atoms with Crippen molar-refractivity contribution in [3.05, 3.63) is 52.0 Å². The molecule has 3 nitrogen and oxygen atoms in total. The number of benzene rings is 2. The Labute approximate surface area is 127 Å². The summed E-state index contributed by atoms with van der Waals surface area (Å²) in [5.74, 6) is 2.15. The second-order valence-electron chi connectivity index (χ2n) is 4.73. The monoisotopic (exact) mass is 335 g/mol. The highest BCUT2D eigenvalue weighted by Crippen LogP contribution is 2.34. The third-order valence-electron chi connectivity index (χ3n) is 3.01. The maximum atomic E-state index is 5.89. The number of nitrogens with two attached hydrogens (primary N) is 1. The van der Waals surface area contributed by atoms with Crippen LogP contribution in [0.4, 0.5) is 0 Å². The van der Waals surface area contributed by atoms with Crippen LogP contribution in [0.15, 0.2) is 40.9 Å². The van der Waals surface area contributed by atoms with Crippen molar-refractivity contribution in [3.63, 3.8) is 0 Å². The summed E-state index contributed by atoms with van der Waals surface area (Å²) in [6, 6.07) is 11.6. The van der Waals surface area contributed by atoms with E-state index in [4.69, 9.17) is 15.2 Å². The molecule has 0 heterocycles. The third-order valence-corrected chi connectivity index (χ3v) is 3.70. The first kappa shape index (κ1) is 14.9. The van der Waals surface area contributed by atoms with Gasteiger partial charge in [0.25, 0.3) is 0 Å². The Balaban J connectivity index is 2.28. The van der Waals surface area contributed by atoms with E-state index in [-0.39, 0.29) is 6.04 Å². The predicted molar refractivity (Wildman–Crippen MR) is 84.5 cm³/mol. The van der Waals surface area contributed by atoms with Gasteiger partial charge in [0.2, 0.25) is 0 Å². The van der Waals surface area contributed by atoms with Gasteiger partial charge in [0, 0.05) is 10.5 Å². The summed E-state index contributed by atoms with van der Waals surface area (Å²) in [6.07, 6.45) is 0. The van der Waals surface area contributed by atoms with Gasteiger partial charge in [0.1, 0.15) is 5.75 Å². The van der Waals surface area contributed by atoms with Crippen LogP contribution in [0.25, 0.3) is 0 Å². The zero-order valence-corrected chi connectivity index (χ0v) is 13.4. The minimum absolute atomic E-state index is 0.0210. The lowest BCUT2D eigenvalue weighted by Crippen LogP contribution is -2.05. The molecule has 106 valence electrons. The van der Waals surface area contributed by atoms with Crippen LogP contribution in [-0.4, -0.2) is 7.11 Å². The van der Waals surface area contributed by atoms with Gasteiger partial charge in [-0.2, -0.15) is 0 Å². The second-order valence-corrected chi connectivity index (χ2v) is 5.58. The van der Waals surface area contributed by atoms with Crippen molar-refractivity contribution >= 4 is 15.9 Å². The van der Waals surface area contributed by atoms with Crippen LogP contribution in [-0.2, 0) is 0 Å². The summed E-state index contributed by atoms with van der Waals surface area (Å²) in [5.41, 5.74) is 8.07. The predicted octanol–water partition coefficient (Wildman–Crippen LogP) is 4.58. The normalized spacial score (nSPS) is 12.1. The molecule has 0 bridgehead atoms. The van der Waals surface area contributed by atoms with Crippen molar-refractivity contribution in [1.29, 1.82) is 0 Å². The fourth-order valence-corrected chi connectivity index (χ4v) is 2.65. The minimum Gasteiger partial charge on any atom is -0.493 e. The van der Waals surface area contributed by atoms with E-state index >= 15 is 0 Å². The van der Waals surface area contributed by atoms with Crippen LogP contribution in [0.5, 0.6) is 17.2 Å². The summed E-state index contributed by atoms with van der Waals surface area (Å²) in [6.45, 7) is 3.96. The van der Waals surface area contributed by atoms with E-state index in [1.54, 1.807) is 7.11 Å². The van der Waals surface area contributed by atoms with Gasteiger partial charge in [-0.1, -0.05) is 28.1 Å². The molecule has 0 saturated heterocycles. The lowest BCUT2D eigenvalue weighted by atomic mass is 10.1. The van der Waals surface area contributed by atoms with Crippen molar-refractivity contribution in [2.75, 3.05) is 7.11 Å². The summed E-state index contributed by atoms with van der Waals surface area (Å²) in [4.78, 5) is 0. The molecule has 1 atom stereocenters. The molecule has 0 saturated carbocycles. The van der Waals surface area contributed by atoms with E-state index in [0.29, 0.717) is 5.75 Å². The smallest absolute Gasteiger partial charge is 0.169 e. The Morgan fingerprint density at radius 2 is 1.85 bits per heavy atom. The molecule has 20 heavy (non-hydrogen) atoms. The Kier molecular flexibility index (Phi) is 4.68. The summed E-state index contributed by atoms with van der Waals surface area (Å²) in [5, 5.41) is 0. The summed E-state index contributed by atoms with van der Waals surface area (Å²) >= 11 is 3.52. The van der Waals surface area contributed by atoms with Gasteiger partial charge in [-0.3, -0.25) is 0 Å². The van der Waals surface area contributed by atoms with Crippen molar-refractivity contribution < 1.29 is 9.47 Å². The van der Waals surface area contributed by atoms with Gasteiger partial charge >= 0.3 is 0 Å².